The number of carbonyl (C=O) groups excluding carboxylic acids is 1. The molecule has 0 fully saturated rings. The molecule has 8 heteroatoms. The number of hydrogen-bond donors (Lipinski definition) is 2. The van der Waals surface area contributed by atoms with E-state index in [-0.39, 0.29) is 5.56 Å². The van der Waals surface area contributed by atoms with Crippen molar-refractivity contribution in [3.63, 3.8) is 0 Å². The maximum absolute atomic E-state index is 12.3. The van der Waals surface area contributed by atoms with E-state index in [1.165, 1.54) is 32.6 Å². The number of benzene rings is 2. The van der Waals surface area contributed by atoms with Gasteiger partial charge in [0.2, 0.25) is 0 Å². The van der Waals surface area contributed by atoms with Crippen molar-refractivity contribution in [1.82, 2.24) is 5.43 Å². The Morgan fingerprint density at radius 2 is 1.79 bits per heavy atom. The summed E-state index contributed by atoms with van der Waals surface area (Å²) in [5, 5.41) is 12.8. The van der Waals surface area contributed by atoms with Gasteiger partial charge in [0.1, 0.15) is 23.0 Å². The molecular weight excluding hydrogens is 376 g/mol. The van der Waals surface area contributed by atoms with Crippen LogP contribution in [0, 0.1) is 0 Å². The number of amides is 1. The second-order valence-corrected chi connectivity index (χ2v) is 5.85. The summed E-state index contributed by atoms with van der Waals surface area (Å²) >= 11 is 0. The second kappa shape index (κ2) is 8.75. The van der Waals surface area contributed by atoms with Gasteiger partial charge in [-0.05, 0) is 36.4 Å². The monoisotopic (exact) mass is 394 g/mol. The fraction of sp³-hybridized carbons (Fsp3) is 0.0952. The standard InChI is InChI=1S/C21H18N2O6/c1-27-15-7-9-17(19(11-15)28-2)20(24)23-22-12-16-8-10-18(29-16)13-3-5-14(6-4-13)21(25)26/h3-12H,1-2H3,(H,23,24)(H,25,26)/b22-12-. The third-order valence-corrected chi connectivity index (χ3v) is 4.05. The summed E-state index contributed by atoms with van der Waals surface area (Å²) in [6, 6.07) is 14.5. The first-order valence-electron chi connectivity index (χ1n) is 8.51. The number of aromatic carboxylic acids is 1. The molecule has 0 spiro atoms. The van der Waals surface area contributed by atoms with E-state index >= 15 is 0 Å². The predicted octanol–water partition coefficient (Wildman–Crippen LogP) is 3.43. The van der Waals surface area contributed by atoms with Gasteiger partial charge in [-0.25, -0.2) is 10.2 Å². The van der Waals surface area contributed by atoms with Crippen molar-refractivity contribution in [3.05, 3.63) is 71.5 Å². The molecule has 2 N–H and O–H groups in total. The first kappa shape index (κ1) is 19.7. The predicted molar refractivity (Wildman–Crippen MR) is 106 cm³/mol. The van der Waals surface area contributed by atoms with Crippen LogP contribution < -0.4 is 14.9 Å². The molecule has 1 amide bonds. The lowest BCUT2D eigenvalue weighted by Crippen LogP contribution is -2.18. The normalized spacial score (nSPS) is 10.7. The Kier molecular flexibility index (Phi) is 5.94. The highest BCUT2D eigenvalue weighted by Gasteiger charge is 2.13. The zero-order valence-electron chi connectivity index (χ0n) is 15.7. The van der Waals surface area contributed by atoms with Gasteiger partial charge in [-0.3, -0.25) is 4.79 Å². The van der Waals surface area contributed by atoms with Crippen LogP contribution in [0.1, 0.15) is 26.5 Å². The van der Waals surface area contributed by atoms with Gasteiger partial charge in [-0.2, -0.15) is 5.10 Å². The largest absolute Gasteiger partial charge is 0.497 e. The zero-order valence-corrected chi connectivity index (χ0v) is 15.7. The number of furan rings is 1. The lowest BCUT2D eigenvalue weighted by molar-refractivity contribution is 0.0696. The molecule has 0 unspecified atom stereocenters. The van der Waals surface area contributed by atoms with Gasteiger partial charge in [0.05, 0.1) is 31.6 Å². The minimum atomic E-state index is -0.993. The number of hydrogen-bond acceptors (Lipinski definition) is 6. The Hall–Kier alpha value is -4.07. The van der Waals surface area contributed by atoms with Crippen molar-refractivity contribution in [3.8, 4) is 22.8 Å². The molecule has 0 saturated carbocycles. The van der Waals surface area contributed by atoms with Gasteiger partial charge in [-0.1, -0.05) is 12.1 Å². The maximum Gasteiger partial charge on any atom is 0.335 e. The van der Waals surface area contributed by atoms with Crippen molar-refractivity contribution < 1.29 is 28.6 Å². The van der Waals surface area contributed by atoms with Gasteiger partial charge < -0.3 is 19.0 Å². The third kappa shape index (κ3) is 4.62. The number of carboxylic acid groups (broad SMARTS) is 1. The van der Waals surface area contributed by atoms with E-state index in [2.05, 4.69) is 10.5 Å². The summed E-state index contributed by atoms with van der Waals surface area (Å²) in [5.74, 6) is 0.462. The summed E-state index contributed by atoms with van der Waals surface area (Å²) in [5.41, 5.74) is 3.64. The van der Waals surface area contributed by atoms with E-state index in [0.717, 1.165) is 5.56 Å². The highest BCUT2D eigenvalue weighted by atomic mass is 16.5. The molecule has 0 aliphatic rings. The van der Waals surface area contributed by atoms with Crippen molar-refractivity contribution in [2.75, 3.05) is 14.2 Å². The van der Waals surface area contributed by atoms with Gasteiger partial charge in [-0.15, -0.1) is 0 Å². The van der Waals surface area contributed by atoms with E-state index < -0.39 is 11.9 Å². The minimum absolute atomic E-state index is 0.193. The SMILES string of the molecule is COc1ccc(C(=O)N/N=C\c2ccc(-c3ccc(C(=O)O)cc3)o2)c(OC)c1. The van der Waals surface area contributed by atoms with E-state index in [9.17, 15) is 9.59 Å². The molecule has 0 saturated heterocycles. The smallest absolute Gasteiger partial charge is 0.335 e. The Labute approximate surface area is 166 Å². The number of ether oxygens (including phenoxy) is 2. The summed E-state index contributed by atoms with van der Waals surface area (Å²) in [6.45, 7) is 0. The molecule has 0 aliphatic carbocycles. The lowest BCUT2D eigenvalue weighted by Gasteiger charge is -2.08. The zero-order chi connectivity index (χ0) is 20.8. The molecule has 148 valence electrons. The summed E-state index contributed by atoms with van der Waals surface area (Å²) in [6.07, 6.45) is 1.36. The molecule has 3 rings (SSSR count). The molecular formula is C21H18N2O6. The molecule has 3 aromatic rings. The average Bonchev–Trinajstić information content (AvgIpc) is 3.22. The fourth-order valence-electron chi connectivity index (χ4n) is 2.56. The lowest BCUT2D eigenvalue weighted by atomic mass is 10.1. The van der Waals surface area contributed by atoms with Crippen molar-refractivity contribution in [1.29, 1.82) is 0 Å². The first-order chi connectivity index (χ1) is 14.0. The van der Waals surface area contributed by atoms with Crippen LogP contribution in [0.4, 0.5) is 0 Å². The Morgan fingerprint density at radius 3 is 2.45 bits per heavy atom. The Bertz CT molecular complexity index is 1050. The Morgan fingerprint density at radius 1 is 1.03 bits per heavy atom. The molecule has 29 heavy (non-hydrogen) atoms. The van der Waals surface area contributed by atoms with Gasteiger partial charge in [0, 0.05) is 11.6 Å². The molecule has 0 atom stereocenters. The molecule has 0 aliphatic heterocycles. The molecule has 1 heterocycles. The quantitative estimate of drug-likeness (QED) is 0.469. The van der Waals surface area contributed by atoms with Crippen LogP contribution in [0.25, 0.3) is 11.3 Å². The number of carbonyl (C=O) groups is 2. The number of carboxylic acids is 1. The van der Waals surface area contributed by atoms with Gasteiger partial charge in [0.25, 0.3) is 5.91 Å². The minimum Gasteiger partial charge on any atom is -0.497 e. The number of hydrazone groups is 1. The van der Waals surface area contributed by atoms with Gasteiger partial charge >= 0.3 is 5.97 Å². The Balaban J connectivity index is 1.67. The highest BCUT2D eigenvalue weighted by molar-refractivity contribution is 5.97. The summed E-state index contributed by atoms with van der Waals surface area (Å²) < 4.78 is 15.9. The van der Waals surface area contributed by atoms with Crippen LogP contribution in [0.15, 0.2) is 64.1 Å². The number of rotatable bonds is 7. The van der Waals surface area contributed by atoms with Crippen LogP contribution in [0.2, 0.25) is 0 Å². The van der Waals surface area contributed by atoms with Crippen LogP contribution >= 0.6 is 0 Å². The van der Waals surface area contributed by atoms with Crippen LogP contribution in [0.5, 0.6) is 11.5 Å². The highest BCUT2D eigenvalue weighted by Crippen LogP contribution is 2.24. The number of nitrogens with zero attached hydrogens (tertiary/aromatic N) is 1. The van der Waals surface area contributed by atoms with Crippen molar-refractivity contribution >= 4 is 18.1 Å². The first-order valence-corrected chi connectivity index (χ1v) is 8.51. The molecule has 8 nitrogen and oxygen atoms in total. The molecule has 0 radical (unpaired) electrons. The van der Waals surface area contributed by atoms with Crippen LogP contribution in [0.3, 0.4) is 0 Å². The van der Waals surface area contributed by atoms with E-state index in [1.807, 2.05) is 0 Å². The summed E-state index contributed by atoms with van der Waals surface area (Å²) in [7, 11) is 2.99. The number of methoxy groups -OCH3 is 2. The summed E-state index contributed by atoms with van der Waals surface area (Å²) in [4.78, 5) is 23.2. The second-order valence-electron chi connectivity index (χ2n) is 5.85. The molecule has 0 bridgehead atoms. The van der Waals surface area contributed by atoms with E-state index in [4.69, 9.17) is 19.0 Å². The molecule has 1 aromatic heterocycles. The van der Waals surface area contributed by atoms with Crippen LogP contribution in [-0.4, -0.2) is 37.4 Å². The van der Waals surface area contributed by atoms with Gasteiger partial charge in [0.15, 0.2) is 0 Å². The third-order valence-electron chi connectivity index (χ3n) is 4.05. The van der Waals surface area contributed by atoms with E-state index in [1.54, 1.807) is 42.5 Å². The molecule has 2 aromatic carbocycles. The number of nitrogens with one attached hydrogen (secondary N) is 1. The maximum atomic E-state index is 12.3. The van der Waals surface area contributed by atoms with Crippen LogP contribution in [-0.2, 0) is 0 Å². The average molecular weight is 394 g/mol. The topological polar surface area (TPSA) is 110 Å². The fourth-order valence-corrected chi connectivity index (χ4v) is 2.56. The van der Waals surface area contributed by atoms with Crippen molar-refractivity contribution in [2.45, 2.75) is 0 Å². The van der Waals surface area contributed by atoms with E-state index in [0.29, 0.717) is 28.6 Å². The van der Waals surface area contributed by atoms with Crippen molar-refractivity contribution in [2.24, 2.45) is 5.10 Å².